The topological polar surface area (TPSA) is 45.2 Å². The molecule has 19 heavy (non-hydrogen) atoms. The van der Waals surface area contributed by atoms with E-state index in [1.54, 1.807) is 12.3 Å². The highest BCUT2D eigenvalue weighted by atomic mass is 35.5. The molecule has 1 N–H and O–H groups in total. The van der Waals surface area contributed by atoms with Crippen molar-refractivity contribution in [1.82, 2.24) is 15.2 Å². The van der Waals surface area contributed by atoms with Gasteiger partial charge in [0.05, 0.1) is 10.6 Å². The first-order chi connectivity index (χ1) is 9.27. The predicted molar refractivity (Wildman–Crippen MR) is 76.5 cm³/mol. The summed E-state index contributed by atoms with van der Waals surface area (Å²) < 4.78 is 0. The Kier molecular flexibility index (Phi) is 5.61. The molecule has 0 radical (unpaired) electrons. The molecule has 1 saturated heterocycles. The van der Waals surface area contributed by atoms with Gasteiger partial charge in [-0.05, 0) is 32.0 Å². The maximum atomic E-state index is 11.9. The second kappa shape index (κ2) is 7.46. The second-order valence-corrected chi connectivity index (χ2v) is 5.27. The minimum Gasteiger partial charge on any atom is -0.351 e. The van der Waals surface area contributed by atoms with Crippen LogP contribution in [0, 0.1) is 0 Å². The molecule has 5 heteroatoms. The van der Waals surface area contributed by atoms with Crippen molar-refractivity contribution in [2.24, 2.45) is 0 Å². The lowest BCUT2D eigenvalue weighted by molar-refractivity contribution is 0.0948. The number of pyridine rings is 1. The molecule has 1 amide bonds. The van der Waals surface area contributed by atoms with Crippen LogP contribution in [-0.4, -0.2) is 42.0 Å². The molecule has 1 aromatic rings. The molecule has 0 aliphatic carbocycles. The quantitative estimate of drug-likeness (QED) is 0.921. The highest BCUT2D eigenvalue weighted by molar-refractivity contribution is 6.33. The van der Waals surface area contributed by atoms with Crippen molar-refractivity contribution in [1.29, 1.82) is 0 Å². The summed E-state index contributed by atoms with van der Waals surface area (Å²) in [5, 5.41) is 3.35. The van der Waals surface area contributed by atoms with Gasteiger partial charge in [-0.3, -0.25) is 9.78 Å². The maximum absolute atomic E-state index is 11.9. The number of halogens is 1. The van der Waals surface area contributed by atoms with Crippen LogP contribution in [-0.2, 0) is 0 Å². The van der Waals surface area contributed by atoms with Crippen molar-refractivity contribution in [2.75, 3.05) is 26.2 Å². The molecule has 1 fully saturated rings. The van der Waals surface area contributed by atoms with E-state index in [-0.39, 0.29) is 5.91 Å². The van der Waals surface area contributed by atoms with Crippen LogP contribution < -0.4 is 5.32 Å². The number of aromatic nitrogens is 1. The minimum atomic E-state index is -0.145. The largest absolute Gasteiger partial charge is 0.351 e. The molecule has 0 unspecified atom stereocenters. The SMILES string of the molecule is O=C(NCCN1CCCCCC1)c1cnccc1Cl. The lowest BCUT2D eigenvalue weighted by atomic mass is 10.2. The summed E-state index contributed by atoms with van der Waals surface area (Å²) >= 11 is 5.96. The van der Waals surface area contributed by atoms with Crippen molar-refractivity contribution in [3.05, 3.63) is 29.0 Å². The molecule has 0 bridgehead atoms. The van der Waals surface area contributed by atoms with Gasteiger partial charge in [-0.1, -0.05) is 24.4 Å². The van der Waals surface area contributed by atoms with E-state index in [0.717, 1.165) is 19.6 Å². The normalized spacial score (nSPS) is 16.9. The average molecular weight is 282 g/mol. The van der Waals surface area contributed by atoms with Crippen LogP contribution in [0.1, 0.15) is 36.0 Å². The summed E-state index contributed by atoms with van der Waals surface area (Å²) in [5.74, 6) is -0.145. The maximum Gasteiger partial charge on any atom is 0.254 e. The van der Waals surface area contributed by atoms with E-state index in [1.165, 1.54) is 31.9 Å². The third-order valence-corrected chi connectivity index (χ3v) is 3.75. The molecule has 0 spiro atoms. The number of hydrogen-bond acceptors (Lipinski definition) is 3. The van der Waals surface area contributed by atoms with Crippen molar-refractivity contribution in [3.8, 4) is 0 Å². The van der Waals surface area contributed by atoms with Gasteiger partial charge in [0.2, 0.25) is 0 Å². The van der Waals surface area contributed by atoms with Crippen molar-refractivity contribution in [2.45, 2.75) is 25.7 Å². The lowest BCUT2D eigenvalue weighted by Crippen LogP contribution is -2.35. The zero-order chi connectivity index (χ0) is 13.5. The zero-order valence-electron chi connectivity index (χ0n) is 11.1. The fourth-order valence-electron chi connectivity index (χ4n) is 2.33. The zero-order valence-corrected chi connectivity index (χ0v) is 11.8. The number of amides is 1. The molecule has 1 aromatic heterocycles. The van der Waals surface area contributed by atoms with Crippen molar-refractivity contribution >= 4 is 17.5 Å². The van der Waals surface area contributed by atoms with E-state index in [9.17, 15) is 4.79 Å². The fraction of sp³-hybridized carbons (Fsp3) is 0.571. The molecule has 2 rings (SSSR count). The summed E-state index contributed by atoms with van der Waals surface area (Å²) in [6.07, 6.45) is 8.27. The average Bonchev–Trinajstić information content (AvgIpc) is 2.68. The Morgan fingerprint density at radius 2 is 2.05 bits per heavy atom. The van der Waals surface area contributed by atoms with E-state index >= 15 is 0 Å². The molecule has 0 aromatic carbocycles. The Labute approximate surface area is 119 Å². The number of hydrogen-bond donors (Lipinski definition) is 1. The molecule has 0 atom stereocenters. The fourth-order valence-corrected chi connectivity index (χ4v) is 2.52. The summed E-state index contributed by atoms with van der Waals surface area (Å²) in [5.41, 5.74) is 0.444. The van der Waals surface area contributed by atoms with Crippen LogP contribution in [0.5, 0.6) is 0 Å². The van der Waals surface area contributed by atoms with Crippen LogP contribution >= 0.6 is 11.6 Å². The monoisotopic (exact) mass is 281 g/mol. The number of likely N-dealkylation sites (tertiary alicyclic amines) is 1. The second-order valence-electron chi connectivity index (χ2n) is 4.87. The number of nitrogens with zero attached hydrogens (tertiary/aromatic N) is 2. The van der Waals surface area contributed by atoms with Crippen LogP contribution in [0.15, 0.2) is 18.5 Å². The lowest BCUT2D eigenvalue weighted by Gasteiger charge is -2.19. The summed E-state index contributed by atoms with van der Waals surface area (Å²) in [7, 11) is 0. The molecular weight excluding hydrogens is 262 g/mol. The molecule has 1 aliphatic rings. The highest BCUT2D eigenvalue weighted by Crippen LogP contribution is 2.13. The Balaban J connectivity index is 1.76. The summed E-state index contributed by atoms with van der Waals surface area (Å²) in [4.78, 5) is 18.3. The molecule has 4 nitrogen and oxygen atoms in total. The number of carbonyl (C=O) groups excluding carboxylic acids is 1. The van der Waals surface area contributed by atoms with Gasteiger partial charge in [-0.15, -0.1) is 0 Å². The molecule has 0 saturated carbocycles. The van der Waals surface area contributed by atoms with E-state index < -0.39 is 0 Å². The number of nitrogens with one attached hydrogen (secondary N) is 1. The van der Waals surface area contributed by atoms with Gasteiger partial charge in [0.25, 0.3) is 5.91 Å². The van der Waals surface area contributed by atoms with Gasteiger partial charge >= 0.3 is 0 Å². The van der Waals surface area contributed by atoms with Crippen LogP contribution in [0.25, 0.3) is 0 Å². The number of carbonyl (C=O) groups is 1. The minimum absolute atomic E-state index is 0.145. The summed E-state index contributed by atoms with van der Waals surface area (Å²) in [6.45, 7) is 3.85. The van der Waals surface area contributed by atoms with Gasteiger partial charge in [-0.25, -0.2) is 0 Å². The van der Waals surface area contributed by atoms with Crippen LogP contribution in [0.3, 0.4) is 0 Å². The first-order valence-corrected chi connectivity index (χ1v) is 7.25. The molecule has 1 aliphatic heterocycles. The number of rotatable bonds is 4. The molecular formula is C14H20ClN3O. The Hall–Kier alpha value is -1.13. The van der Waals surface area contributed by atoms with Crippen molar-refractivity contribution in [3.63, 3.8) is 0 Å². The van der Waals surface area contributed by atoms with Crippen molar-refractivity contribution < 1.29 is 4.79 Å². The third-order valence-electron chi connectivity index (χ3n) is 3.42. The highest BCUT2D eigenvalue weighted by Gasteiger charge is 2.11. The molecule has 104 valence electrons. The standard InChI is InChI=1S/C14H20ClN3O/c15-13-5-6-16-11-12(13)14(19)17-7-10-18-8-3-1-2-4-9-18/h5-6,11H,1-4,7-10H2,(H,17,19). The molecule has 2 heterocycles. The van der Waals surface area contributed by atoms with Gasteiger partial charge in [0, 0.05) is 25.5 Å². The van der Waals surface area contributed by atoms with E-state index in [2.05, 4.69) is 15.2 Å². The first-order valence-electron chi connectivity index (χ1n) is 6.87. The smallest absolute Gasteiger partial charge is 0.254 e. The van der Waals surface area contributed by atoms with Crippen LogP contribution in [0.2, 0.25) is 5.02 Å². The van der Waals surface area contributed by atoms with Gasteiger partial charge in [0.15, 0.2) is 0 Å². The Morgan fingerprint density at radius 3 is 2.74 bits per heavy atom. The van der Waals surface area contributed by atoms with E-state index in [0.29, 0.717) is 17.1 Å². The third kappa shape index (κ3) is 4.48. The Morgan fingerprint density at radius 1 is 1.32 bits per heavy atom. The van der Waals surface area contributed by atoms with Crippen LogP contribution in [0.4, 0.5) is 0 Å². The van der Waals surface area contributed by atoms with Gasteiger partial charge < -0.3 is 10.2 Å². The first kappa shape index (κ1) is 14.3. The van der Waals surface area contributed by atoms with Gasteiger partial charge in [-0.2, -0.15) is 0 Å². The van der Waals surface area contributed by atoms with E-state index in [1.807, 2.05) is 0 Å². The summed E-state index contributed by atoms with van der Waals surface area (Å²) in [6, 6.07) is 1.63. The Bertz CT molecular complexity index is 417. The van der Waals surface area contributed by atoms with E-state index in [4.69, 9.17) is 11.6 Å². The predicted octanol–water partition coefficient (Wildman–Crippen LogP) is 2.34. The van der Waals surface area contributed by atoms with Gasteiger partial charge in [0.1, 0.15) is 0 Å².